The Morgan fingerprint density at radius 2 is 2.07 bits per heavy atom. The van der Waals surface area contributed by atoms with Gasteiger partial charge < -0.3 is 9.84 Å². The van der Waals surface area contributed by atoms with Crippen molar-refractivity contribution in [3.8, 4) is 0 Å². The molecule has 1 aromatic carbocycles. The Hall–Kier alpha value is -1.12. The average Bonchev–Trinajstić information content (AvgIpc) is 2.31. The predicted octanol–water partition coefficient (Wildman–Crippen LogP) is 2.70. The highest BCUT2D eigenvalue weighted by Crippen LogP contribution is 2.20. The third-order valence-electron chi connectivity index (χ3n) is 2.32. The van der Waals surface area contributed by atoms with Gasteiger partial charge in [0, 0.05) is 0 Å². The van der Waals surface area contributed by atoms with Crippen LogP contribution in [0.5, 0.6) is 0 Å². The van der Waals surface area contributed by atoms with Gasteiger partial charge >= 0.3 is 0 Å². The van der Waals surface area contributed by atoms with E-state index in [0.29, 0.717) is 6.61 Å². The SMILES string of the molecule is C=CCOC(CC)C(O)c1ccccc1. The lowest BCUT2D eigenvalue weighted by molar-refractivity contribution is -0.0295. The second-order valence-electron chi connectivity index (χ2n) is 3.42. The molecular weight excluding hydrogens is 188 g/mol. The van der Waals surface area contributed by atoms with Gasteiger partial charge in [0.2, 0.25) is 0 Å². The number of hydrogen-bond acceptors (Lipinski definition) is 2. The highest BCUT2D eigenvalue weighted by molar-refractivity contribution is 5.18. The van der Waals surface area contributed by atoms with Crippen molar-refractivity contribution in [1.29, 1.82) is 0 Å². The van der Waals surface area contributed by atoms with Crippen LogP contribution in [0.1, 0.15) is 25.0 Å². The molecule has 0 saturated heterocycles. The Bertz CT molecular complexity index is 282. The summed E-state index contributed by atoms with van der Waals surface area (Å²) in [4.78, 5) is 0. The lowest BCUT2D eigenvalue weighted by Gasteiger charge is -2.21. The van der Waals surface area contributed by atoms with Crippen LogP contribution in [-0.2, 0) is 4.74 Å². The van der Waals surface area contributed by atoms with Gasteiger partial charge in [-0.25, -0.2) is 0 Å². The minimum Gasteiger partial charge on any atom is -0.386 e. The highest BCUT2D eigenvalue weighted by Gasteiger charge is 2.18. The summed E-state index contributed by atoms with van der Waals surface area (Å²) in [5.41, 5.74) is 0.897. The van der Waals surface area contributed by atoms with Crippen LogP contribution in [0, 0.1) is 0 Å². The molecule has 1 rings (SSSR count). The monoisotopic (exact) mass is 206 g/mol. The fourth-order valence-electron chi connectivity index (χ4n) is 1.49. The zero-order valence-corrected chi connectivity index (χ0v) is 9.10. The molecule has 2 atom stereocenters. The van der Waals surface area contributed by atoms with Crippen molar-refractivity contribution >= 4 is 0 Å². The number of aliphatic hydroxyl groups excluding tert-OH is 1. The van der Waals surface area contributed by atoms with Crippen molar-refractivity contribution in [2.45, 2.75) is 25.6 Å². The highest BCUT2D eigenvalue weighted by atomic mass is 16.5. The van der Waals surface area contributed by atoms with Crippen LogP contribution in [-0.4, -0.2) is 17.8 Å². The number of rotatable bonds is 6. The summed E-state index contributed by atoms with van der Waals surface area (Å²) in [6.45, 7) is 6.07. The molecule has 0 saturated carbocycles. The van der Waals surface area contributed by atoms with Gasteiger partial charge in [-0.1, -0.05) is 43.3 Å². The molecule has 2 heteroatoms. The molecular formula is C13H18O2. The van der Waals surface area contributed by atoms with E-state index in [2.05, 4.69) is 6.58 Å². The van der Waals surface area contributed by atoms with E-state index in [0.717, 1.165) is 12.0 Å². The second kappa shape index (κ2) is 6.38. The molecule has 2 unspecified atom stereocenters. The first kappa shape index (κ1) is 12.0. The number of benzene rings is 1. The van der Waals surface area contributed by atoms with Crippen molar-refractivity contribution in [3.05, 3.63) is 48.6 Å². The molecule has 1 N–H and O–H groups in total. The molecule has 15 heavy (non-hydrogen) atoms. The predicted molar refractivity (Wildman–Crippen MR) is 61.6 cm³/mol. The van der Waals surface area contributed by atoms with Crippen LogP contribution in [0.3, 0.4) is 0 Å². The van der Waals surface area contributed by atoms with Crippen molar-refractivity contribution in [2.24, 2.45) is 0 Å². The lowest BCUT2D eigenvalue weighted by Crippen LogP contribution is -2.21. The molecule has 0 heterocycles. The van der Waals surface area contributed by atoms with Gasteiger partial charge in [0.15, 0.2) is 0 Å². The number of aliphatic hydroxyl groups is 1. The molecule has 0 aliphatic rings. The smallest absolute Gasteiger partial charge is 0.105 e. The normalized spacial score (nSPS) is 14.5. The van der Waals surface area contributed by atoms with E-state index < -0.39 is 6.10 Å². The van der Waals surface area contributed by atoms with Crippen LogP contribution in [0.15, 0.2) is 43.0 Å². The second-order valence-corrected chi connectivity index (χ2v) is 3.42. The molecule has 0 aliphatic carbocycles. The zero-order valence-electron chi connectivity index (χ0n) is 9.10. The van der Waals surface area contributed by atoms with E-state index in [1.165, 1.54) is 0 Å². The van der Waals surface area contributed by atoms with Gasteiger partial charge in [-0.3, -0.25) is 0 Å². The van der Waals surface area contributed by atoms with E-state index in [1.807, 2.05) is 37.3 Å². The van der Waals surface area contributed by atoms with Gasteiger partial charge in [-0.15, -0.1) is 6.58 Å². The third kappa shape index (κ3) is 3.50. The van der Waals surface area contributed by atoms with E-state index in [9.17, 15) is 5.11 Å². The van der Waals surface area contributed by atoms with Crippen LogP contribution < -0.4 is 0 Å². The molecule has 1 aromatic rings. The van der Waals surface area contributed by atoms with Gasteiger partial charge in [0.1, 0.15) is 6.10 Å². The van der Waals surface area contributed by atoms with Gasteiger partial charge in [0.05, 0.1) is 12.7 Å². The molecule has 2 nitrogen and oxygen atoms in total. The van der Waals surface area contributed by atoms with Crippen molar-refractivity contribution in [1.82, 2.24) is 0 Å². The number of ether oxygens (including phenoxy) is 1. The topological polar surface area (TPSA) is 29.5 Å². The minimum absolute atomic E-state index is 0.162. The molecule has 0 bridgehead atoms. The van der Waals surface area contributed by atoms with Crippen LogP contribution >= 0.6 is 0 Å². The van der Waals surface area contributed by atoms with Crippen molar-refractivity contribution in [3.63, 3.8) is 0 Å². The molecule has 0 radical (unpaired) electrons. The molecule has 0 spiro atoms. The maximum atomic E-state index is 10.0. The van der Waals surface area contributed by atoms with Gasteiger partial charge in [0.25, 0.3) is 0 Å². The number of hydrogen-bond donors (Lipinski definition) is 1. The fourth-order valence-corrected chi connectivity index (χ4v) is 1.49. The lowest BCUT2D eigenvalue weighted by atomic mass is 10.0. The Labute approximate surface area is 91.2 Å². The molecule has 0 aromatic heterocycles. The summed E-state index contributed by atoms with van der Waals surface area (Å²) in [6, 6.07) is 9.58. The summed E-state index contributed by atoms with van der Waals surface area (Å²) < 4.78 is 5.49. The summed E-state index contributed by atoms with van der Waals surface area (Å²) in [5, 5.41) is 10.0. The van der Waals surface area contributed by atoms with E-state index in [1.54, 1.807) is 6.08 Å². The minimum atomic E-state index is -0.559. The largest absolute Gasteiger partial charge is 0.386 e. The summed E-state index contributed by atoms with van der Waals surface area (Å²) in [7, 11) is 0. The fraction of sp³-hybridized carbons (Fsp3) is 0.385. The average molecular weight is 206 g/mol. The van der Waals surface area contributed by atoms with E-state index >= 15 is 0 Å². The van der Waals surface area contributed by atoms with E-state index in [4.69, 9.17) is 4.74 Å². The standard InChI is InChI=1S/C13H18O2/c1-3-10-15-12(4-2)13(14)11-8-6-5-7-9-11/h3,5-9,12-14H,1,4,10H2,2H3. The quantitative estimate of drug-likeness (QED) is 0.725. The van der Waals surface area contributed by atoms with Gasteiger partial charge in [-0.2, -0.15) is 0 Å². The molecule has 0 aliphatic heterocycles. The Morgan fingerprint density at radius 3 is 2.60 bits per heavy atom. The maximum Gasteiger partial charge on any atom is 0.105 e. The first-order chi connectivity index (χ1) is 7.29. The first-order valence-electron chi connectivity index (χ1n) is 5.25. The Balaban J connectivity index is 2.64. The van der Waals surface area contributed by atoms with Crippen LogP contribution in [0.4, 0.5) is 0 Å². The molecule has 0 amide bonds. The van der Waals surface area contributed by atoms with Crippen LogP contribution in [0.25, 0.3) is 0 Å². The van der Waals surface area contributed by atoms with Gasteiger partial charge in [-0.05, 0) is 12.0 Å². The van der Waals surface area contributed by atoms with Crippen molar-refractivity contribution < 1.29 is 9.84 Å². The van der Waals surface area contributed by atoms with Crippen LogP contribution in [0.2, 0.25) is 0 Å². The summed E-state index contributed by atoms with van der Waals surface area (Å²) in [6.07, 6.45) is 1.76. The maximum absolute atomic E-state index is 10.0. The Kier molecular flexibility index (Phi) is 5.08. The Morgan fingerprint density at radius 1 is 1.40 bits per heavy atom. The third-order valence-corrected chi connectivity index (χ3v) is 2.32. The van der Waals surface area contributed by atoms with E-state index in [-0.39, 0.29) is 6.10 Å². The summed E-state index contributed by atoms with van der Waals surface area (Å²) in [5.74, 6) is 0. The molecule has 0 fully saturated rings. The zero-order chi connectivity index (χ0) is 11.1. The first-order valence-corrected chi connectivity index (χ1v) is 5.25. The summed E-state index contributed by atoms with van der Waals surface area (Å²) >= 11 is 0. The van der Waals surface area contributed by atoms with Crippen molar-refractivity contribution in [2.75, 3.05) is 6.61 Å². The molecule has 82 valence electrons.